The summed E-state index contributed by atoms with van der Waals surface area (Å²) in [5.74, 6) is 0.644. The summed E-state index contributed by atoms with van der Waals surface area (Å²) in [7, 11) is 0. The number of amides is 2. The van der Waals surface area contributed by atoms with Gasteiger partial charge in [0.25, 0.3) is 5.91 Å². The highest BCUT2D eigenvalue weighted by atomic mass is 79.9. The molecule has 1 unspecified atom stereocenters. The molecule has 2 aromatic rings. The van der Waals surface area contributed by atoms with Crippen LogP contribution in [0.15, 0.2) is 34.8 Å². The molecule has 1 fully saturated rings. The number of nitrogens with one attached hydrogen (secondary N) is 2. The first-order valence-electron chi connectivity index (χ1n) is 9.40. The molecule has 28 heavy (non-hydrogen) atoms. The van der Waals surface area contributed by atoms with Gasteiger partial charge in [-0.1, -0.05) is 22.0 Å². The molecule has 1 saturated carbocycles. The Balaban J connectivity index is 1.67. The van der Waals surface area contributed by atoms with E-state index in [9.17, 15) is 9.59 Å². The maximum atomic E-state index is 12.6. The third kappa shape index (κ3) is 4.93. The molecule has 0 radical (unpaired) electrons. The molecule has 5 nitrogen and oxygen atoms in total. The molecule has 0 saturated heterocycles. The molecule has 0 bridgehead atoms. The molecule has 0 aliphatic heterocycles. The first kappa shape index (κ1) is 20.4. The number of hydrogen-bond acceptors (Lipinski definition) is 3. The summed E-state index contributed by atoms with van der Waals surface area (Å²) >= 11 is 3.46. The van der Waals surface area contributed by atoms with Gasteiger partial charge in [-0.3, -0.25) is 9.59 Å². The van der Waals surface area contributed by atoms with Crippen LogP contribution in [0.1, 0.15) is 36.5 Å². The predicted octanol–water partition coefficient (Wildman–Crippen LogP) is 5.13. The molecule has 0 aromatic heterocycles. The zero-order chi connectivity index (χ0) is 20.4. The van der Waals surface area contributed by atoms with Gasteiger partial charge < -0.3 is 15.4 Å². The van der Waals surface area contributed by atoms with E-state index in [4.69, 9.17) is 4.74 Å². The average molecular weight is 445 g/mol. The van der Waals surface area contributed by atoms with E-state index in [-0.39, 0.29) is 17.7 Å². The van der Waals surface area contributed by atoms with Crippen molar-refractivity contribution in [2.45, 2.75) is 46.6 Å². The van der Waals surface area contributed by atoms with Gasteiger partial charge in [0.15, 0.2) is 6.10 Å². The van der Waals surface area contributed by atoms with Crippen LogP contribution in [0.25, 0.3) is 0 Å². The maximum absolute atomic E-state index is 12.6. The molecule has 2 aromatic carbocycles. The summed E-state index contributed by atoms with van der Waals surface area (Å²) in [6, 6.07) is 9.41. The minimum atomic E-state index is -0.663. The Bertz CT molecular complexity index is 899. The molecule has 148 valence electrons. The zero-order valence-electron chi connectivity index (χ0n) is 16.6. The Morgan fingerprint density at radius 3 is 2.29 bits per heavy atom. The number of rotatable bonds is 6. The van der Waals surface area contributed by atoms with Crippen molar-refractivity contribution >= 4 is 39.1 Å². The molecule has 0 heterocycles. The van der Waals surface area contributed by atoms with Crippen molar-refractivity contribution < 1.29 is 14.3 Å². The fourth-order valence-corrected chi connectivity index (χ4v) is 3.66. The lowest BCUT2D eigenvalue weighted by molar-refractivity contribution is -0.122. The van der Waals surface area contributed by atoms with E-state index in [0.29, 0.717) is 11.4 Å². The number of benzene rings is 2. The number of anilines is 2. The molecule has 3 rings (SSSR count). The summed E-state index contributed by atoms with van der Waals surface area (Å²) in [5.41, 5.74) is 4.24. The minimum absolute atomic E-state index is 0.0458. The van der Waals surface area contributed by atoms with Crippen molar-refractivity contribution in [3.63, 3.8) is 0 Å². The van der Waals surface area contributed by atoms with Crippen LogP contribution in [0.2, 0.25) is 0 Å². The van der Waals surface area contributed by atoms with E-state index in [1.807, 2.05) is 45.0 Å². The van der Waals surface area contributed by atoms with Crippen molar-refractivity contribution in [2.24, 2.45) is 5.92 Å². The molecule has 2 N–H and O–H groups in total. The lowest BCUT2D eigenvalue weighted by Crippen LogP contribution is -2.30. The highest BCUT2D eigenvalue weighted by molar-refractivity contribution is 9.10. The van der Waals surface area contributed by atoms with Gasteiger partial charge in [-0.25, -0.2) is 0 Å². The van der Waals surface area contributed by atoms with Gasteiger partial charge in [0.05, 0.1) is 0 Å². The van der Waals surface area contributed by atoms with Crippen LogP contribution in [-0.4, -0.2) is 17.9 Å². The van der Waals surface area contributed by atoms with Crippen LogP contribution < -0.4 is 15.4 Å². The summed E-state index contributed by atoms with van der Waals surface area (Å²) < 4.78 is 6.90. The van der Waals surface area contributed by atoms with Gasteiger partial charge in [-0.05, 0) is 81.5 Å². The molecular formula is C22H25BrN2O3. The van der Waals surface area contributed by atoms with Crippen molar-refractivity contribution in [3.05, 3.63) is 51.5 Å². The van der Waals surface area contributed by atoms with Crippen LogP contribution in [-0.2, 0) is 9.59 Å². The van der Waals surface area contributed by atoms with Crippen LogP contribution in [0.4, 0.5) is 11.4 Å². The molecule has 1 aliphatic rings. The number of halogens is 1. The minimum Gasteiger partial charge on any atom is -0.480 e. The highest BCUT2D eigenvalue weighted by Gasteiger charge is 2.29. The SMILES string of the molecule is Cc1ccc(NC(=O)C(C)Oc2c(C)cc(Br)cc2C)cc1NC(=O)C1CC1. The van der Waals surface area contributed by atoms with Crippen LogP contribution in [0, 0.1) is 26.7 Å². The van der Waals surface area contributed by atoms with E-state index < -0.39 is 6.10 Å². The van der Waals surface area contributed by atoms with E-state index in [2.05, 4.69) is 26.6 Å². The lowest BCUT2D eigenvalue weighted by Gasteiger charge is -2.19. The first-order valence-corrected chi connectivity index (χ1v) is 10.2. The third-order valence-electron chi connectivity index (χ3n) is 4.80. The predicted molar refractivity (Wildman–Crippen MR) is 115 cm³/mol. The van der Waals surface area contributed by atoms with Crippen molar-refractivity contribution in [3.8, 4) is 5.75 Å². The fraction of sp³-hybridized carbons (Fsp3) is 0.364. The van der Waals surface area contributed by atoms with Crippen molar-refractivity contribution in [1.29, 1.82) is 0 Å². The quantitative estimate of drug-likeness (QED) is 0.648. The van der Waals surface area contributed by atoms with E-state index >= 15 is 0 Å². The summed E-state index contributed by atoms with van der Waals surface area (Å²) in [5, 5.41) is 5.82. The van der Waals surface area contributed by atoms with Gasteiger partial charge >= 0.3 is 0 Å². The molecule has 1 aliphatic carbocycles. The van der Waals surface area contributed by atoms with Gasteiger partial charge in [-0.2, -0.15) is 0 Å². The zero-order valence-corrected chi connectivity index (χ0v) is 18.1. The van der Waals surface area contributed by atoms with Gasteiger partial charge in [0.1, 0.15) is 5.75 Å². The number of aryl methyl sites for hydroxylation is 3. The van der Waals surface area contributed by atoms with Crippen LogP contribution in [0.3, 0.4) is 0 Å². The molecule has 6 heteroatoms. The Morgan fingerprint density at radius 1 is 1.04 bits per heavy atom. The lowest BCUT2D eigenvalue weighted by atomic mass is 10.1. The second-order valence-electron chi connectivity index (χ2n) is 7.41. The largest absolute Gasteiger partial charge is 0.480 e. The number of carbonyl (C=O) groups is 2. The van der Waals surface area contributed by atoms with E-state index in [1.54, 1.807) is 13.0 Å². The monoisotopic (exact) mass is 444 g/mol. The molecular weight excluding hydrogens is 420 g/mol. The number of hydrogen-bond donors (Lipinski definition) is 2. The standard InChI is InChI=1S/C22H25BrN2O3/c1-12-5-8-18(11-19(12)25-22(27)16-6-7-16)24-21(26)15(4)28-20-13(2)9-17(23)10-14(20)3/h5,8-11,15-16H,6-7H2,1-4H3,(H,24,26)(H,25,27). The maximum Gasteiger partial charge on any atom is 0.265 e. The molecule has 1 atom stereocenters. The number of ether oxygens (including phenoxy) is 1. The molecule has 0 spiro atoms. The van der Waals surface area contributed by atoms with E-state index in [0.717, 1.165) is 39.7 Å². The summed E-state index contributed by atoms with van der Waals surface area (Å²) in [6.45, 7) is 7.55. The smallest absolute Gasteiger partial charge is 0.265 e. The van der Waals surface area contributed by atoms with Gasteiger partial charge in [0, 0.05) is 21.8 Å². The van der Waals surface area contributed by atoms with Crippen LogP contribution in [0.5, 0.6) is 5.75 Å². The van der Waals surface area contributed by atoms with Crippen molar-refractivity contribution in [1.82, 2.24) is 0 Å². The summed E-state index contributed by atoms with van der Waals surface area (Å²) in [4.78, 5) is 24.6. The highest BCUT2D eigenvalue weighted by Crippen LogP contribution is 2.31. The second-order valence-corrected chi connectivity index (χ2v) is 8.33. The Labute approximate surface area is 174 Å². The van der Waals surface area contributed by atoms with Gasteiger partial charge in [0.2, 0.25) is 5.91 Å². The Kier molecular flexibility index (Phi) is 6.08. The van der Waals surface area contributed by atoms with Crippen molar-refractivity contribution in [2.75, 3.05) is 10.6 Å². The van der Waals surface area contributed by atoms with Crippen LogP contribution >= 0.6 is 15.9 Å². The fourth-order valence-electron chi connectivity index (χ4n) is 2.97. The number of carbonyl (C=O) groups excluding carboxylic acids is 2. The Morgan fingerprint density at radius 2 is 1.68 bits per heavy atom. The third-order valence-corrected chi connectivity index (χ3v) is 5.26. The van der Waals surface area contributed by atoms with E-state index in [1.165, 1.54) is 0 Å². The van der Waals surface area contributed by atoms with Gasteiger partial charge in [-0.15, -0.1) is 0 Å². The molecule has 2 amide bonds. The average Bonchev–Trinajstić information content (AvgIpc) is 3.45. The topological polar surface area (TPSA) is 67.4 Å². The normalized spacial score (nSPS) is 14.3. The summed E-state index contributed by atoms with van der Waals surface area (Å²) in [6.07, 6.45) is 1.24. The second kappa shape index (κ2) is 8.35. The Hall–Kier alpha value is -2.34. The first-order chi connectivity index (χ1) is 13.2.